The van der Waals surface area contributed by atoms with Crippen LogP contribution in [0.15, 0.2) is 40.9 Å². The van der Waals surface area contributed by atoms with E-state index in [0.717, 1.165) is 11.8 Å². The molecule has 7 nitrogen and oxygen atoms in total. The molecule has 0 radical (unpaired) electrons. The van der Waals surface area contributed by atoms with Crippen LogP contribution in [0.5, 0.6) is 0 Å². The maximum atomic E-state index is 12.1. The summed E-state index contributed by atoms with van der Waals surface area (Å²) in [5, 5.41) is 5.71. The Balaban J connectivity index is 2.85. The van der Waals surface area contributed by atoms with Gasteiger partial charge in [0.2, 0.25) is 5.91 Å². The third-order valence-electron chi connectivity index (χ3n) is 2.82. The van der Waals surface area contributed by atoms with Crippen molar-refractivity contribution in [3.63, 3.8) is 0 Å². The summed E-state index contributed by atoms with van der Waals surface area (Å²) in [5.41, 5.74) is 0.419. The Kier molecular flexibility index (Phi) is 9.16. The second kappa shape index (κ2) is 11.1. The van der Waals surface area contributed by atoms with Gasteiger partial charge in [-0.05, 0) is 26.0 Å². The van der Waals surface area contributed by atoms with Crippen LogP contribution in [0.1, 0.15) is 13.8 Å². The summed E-state index contributed by atoms with van der Waals surface area (Å²) in [5.74, 6) is -1.84. The number of anilines is 1. The van der Waals surface area contributed by atoms with Gasteiger partial charge in [0, 0.05) is 12.7 Å². The summed E-state index contributed by atoms with van der Waals surface area (Å²) in [6.45, 7) is 3.52. The average Bonchev–Trinajstić information content (AvgIpc) is 2.59. The number of benzene rings is 1. The Hall–Kier alpha value is -2.48. The molecule has 1 rings (SSSR count). The van der Waals surface area contributed by atoms with E-state index in [4.69, 9.17) is 9.47 Å². The van der Waals surface area contributed by atoms with Gasteiger partial charge >= 0.3 is 11.9 Å². The first-order chi connectivity index (χ1) is 12.0. The SMILES string of the molecule is CCOC(=O)C(C(=O)OCC)=C(NC)SCC(=O)Nc1ccccc1. The lowest BCUT2D eigenvalue weighted by molar-refractivity contribution is -0.146. The summed E-state index contributed by atoms with van der Waals surface area (Å²) in [6, 6.07) is 8.99. The molecule has 0 bridgehead atoms. The van der Waals surface area contributed by atoms with Gasteiger partial charge in [-0.1, -0.05) is 30.0 Å². The number of amides is 1. The van der Waals surface area contributed by atoms with Gasteiger partial charge in [0.25, 0.3) is 0 Å². The number of rotatable bonds is 9. The maximum absolute atomic E-state index is 12.1. The lowest BCUT2D eigenvalue weighted by atomic mass is 10.3. The molecule has 0 aliphatic heterocycles. The fourth-order valence-electron chi connectivity index (χ4n) is 1.80. The van der Waals surface area contributed by atoms with Crippen LogP contribution in [0.2, 0.25) is 0 Å². The summed E-state index contributed by atoms with van der Waals surface area (Å²) in [7, 11) is 1.55. The van der Waals surface area contributed by atoms with E-state index in [0.29, 0.717) is 5.69 Å². The van der Waals surface area contributed by atoms with Gasteiger partial charge in [-0.25, -0.2) is 9.59 Å². The van der Waals surface area contributed by atoms with E-state index in [2.05, 4.69) is 10.6 Å². The molecule has 0 atom stereocenters. The Bertz CT molecular complexity index is 611. The number of nitrogens with one attached hydrogen (secondary N) is 2. The van der Waals surface area contributed by atoms with Crippen molar-refractivity contribution < 1.29 is 23.9 Å². The van der Waals surface area contributed by atoms with Crippen LogP contribution >= 0.6 is 11.8 Å². The summed E-state index contributed by atoms with van der Waals surface area (Å²) >= 11 is 1.02. The van der Waals surface area contributed by atoms with Gasteiger partial charge in [0.15, 0.2) is 5.57 Å². The number of ether oxygens (including phenoxy) is 2. The van der Waals surface area contributed by atoms with Crippen molar-refractivity contribution in [3.05, 3.63) is 40.9 Å². The molecule has 1 aromatic carbocycles. The lowest BCUT2D eigenvalue weighted by Crippen LogP contribution is -2.24. The zero-order valence-corrected chi connectivity index (χ0v) is 15.3. The molecule has 0 aliphatic rings. The Morgan fingerprint density at radius 2 is 1.56 bits per heavy atom. The summed E-state index contributed by atoms with van der Waals surface area (Å²) in [4.78, 5) is 36.2. The monoisotopic (exact) mass is 366 g/mol. The largest absolute Gasteiger partial charge is 0.462 e. The molecule has 0 aliphatic carbocycles. The van der Waals surface area contributed by atoms with Crippen LogP contribution in [0.25, 0.3) is 0 Å². The highest BCUT2D eigenvalue weighted by Gasteiger charge is 2.26. The Morgan fingerprint density at radius 3 is 2.04 bits per heavy atom. The van der Waals surface area contributed by atoms with E-state index in [-0.39, 0.29) is 35.5 Å². The number of esters is 2. The second-order valence-electron chi connectivity index (χ2n) is 4.60. The van der Waals surface area contributed by atoms with Gasteiger partial charge in [-0.15, -0.1) is 0 Å². The lowest BCUT2D eigenvalue weighted by Gasteiger charge is -2.13. The minimum Gasteiger partial charge on any atom is -0.462 e. The highest BCUT2D eigenvalue weighted by atomic mass is 32.2. The number of hydrogen-bond donors (Lipinski definition) is 2. The Morgan fingerprint density at radius 1 is 1.00 bits per heavy atom. The van der Waals surface area contributed by atoms with Crippen LogP contribution in [0, 0.1) is 0 Å². The minimum atomic E-state index is -0.790. The van der Waals surface area contributed by atoms with Crippen LogP contribution < -0.4 is 10.6 Å². The molecular weight excluding hydrogens is 344 g/mol. The second-order valence-corrected chi connectivity index (χ2v) is 5.58. The first kappa shape index (κ1) is 20.6. The fraction of sp³-hybridized carbons (Fsp3) is 0.353. The number of thioether (sulfide) groups is 1. The maximum Gasteiger partial charge on any atom is 0.348 e. The van der Waals surface area contributed by atoms with Crippen molar-refractivity contribution in [1.29, 1.82) is 0 Å². The molecule has 0 unspecified atom stereocenters. The third kappa shape index (κ3) is 6.88. The zero-order valence-electron chi connectivity index (χ0n) is 14.5. The van der Waals surface area contributed by atoms with E-state index in [1.165, 1.54) is 0 Å². The smallest absolute Gasteiger partial charge is 0.348 e. The molecular formula is C17H22N2O5S. The number of carbonyl (C=O) groups is 3. The molecule has 8 heteroatoms. The van der Waals surface area contributed by atoms with E-state index in [1.807, 2.05) is 6.07 Å². The molecule has 0 spiro atoms. The molecule has 0 aromatic heterocycles. The van der Waals surface area contributed by atoms with Crippen LogP contribution in [-0.2, 0) is 23.9 Å². The molecule has 0 heterocycles. The molecule has 0 fully saturated rings. The highest BCUT2D eigenvalue weighted by molar-refractivity contribution is 8.03. The molecule has 0 saturated carbocycles. The zero-order chi connectivity index (χ0) is 18.7. The number of carbonyl (C=O) groups excluding carboxylic acids is 3. The van der Waals surface area contributed by atoms with Gasteiger partial charge in [-0.3, -0.25) is 4.79 Å². The standard InChI is InChI=1S/C17H22N2O5S/c1-4-23-16(21)14(17(22)24-5-2)15(18-3)25-11-13(20)19-12-9-7-6-8-10-12/h6-10,18H,4-5,11H2,1-3H3,(H,19,20). The average molecular weight is 366 g/mol. The Labute approximate surface area is 151 Å². The molecule has 25 heavy (non-hydrogen) atoms. The van der Waals surface area contributed by atoms with Crippen LogP contribution in [0.3, 0.4) is 0 Å². The van der Waals surface area contributed by atoms with Crippen molar-refractivity contribution in [3.8, 4) is 0 Å². The molecule has 1 aromatic rings. The first-order valence-electron chi connectivity index (χ1n) is 7.77. The van der Waals surface area contributed by atoms with Gasteiger partial charge in [0.1, 0.15) is 0 Å². The van der Waals surface area contributed by atoms with Crippen molar-refractivity contribution in [1.82, 2.24) is 5.32 Å². The van der Waals surface area contributed by atoms with Gasteiger partial charge in [-0.2, -0.15) is 0 Å². The van der Waals surface area contributed by atoms with Crippen molar-refractivity contribution in [2.75, 3.05) is 31.3 Å². The number of hydrogen-bond acceptors (Lipinski definition) is 7. The fourth-order valence-corrected chi connectivity index (χ4v) is 2.60. The number of para-hydroxylation sites is 1. The molecule has 2 N–H and O–H groups in total. The van der Waals surface area contributed by atoms with Gasteiger partial charge < -0.3 is 20.1 Å². The van der Waals surface area contributed by atoms with Crippen molar-refractivity contribution >= 4 is 35.3 Å². The summed E-state index contributed by atoms with van der Waals surface area (Å²) in [6.07, 6.45) is 0. The molecule has 1 amide bonds. The predicted molar refractivity (Wildman–Crippen MR) is 96.9 cm³/mol. The topological polar surface area (TPSA) is 93.7 Å². The third-order valence-corrected chi connectivity index (χ3v) is 3.92. The normalized spacial score (nSPS) is 9.72. The van der Waals surface area contributed by atoms with Crippen molar-refractivity contribution in [2.24, 2.45) is 0 Å². The first-order valence-corrected chi connectivity index (χ1v) is 8.75. The minimum absolute atomic E-state index is 0.00732. The highest BCUT2D eigenvalue weighted by Crippen LogP contribution is 2.20. The van der Waals surface area contributed by atoms with E-state index in [9.17, 15) is 14.4 Å². The predicted octanol–water partition coefficient (Wildman–Crippen LogP) is 1.92. The summed E-state index contributed by atoms with van der Waals surface area (Å²) < 4.78 is 9.81. The van der Waals surface area contributed by atoms with Crippen LogP contribution in [-0.4, -0.2) is 43.9 Å². The van der Waals surface area contributed by atoms with Crippen molar-refractivity contribution in [2.45, 2.75) is 13.8 Å². The quantitative estimate of drug-likeness (QED) is 0.298. The van der Waals surface area contributed by atoms with Gasteiger partial charge in [0.05, 0.1) is 24.0 Å². The molecule has 136 valence electrons. The van der Waals surface area contributed by atoms with E-state index >= 15 is 0 Å². The van der Waals surface area contributed by atoms with E-state index < -0.39 is 11.9 Å². The van der Waals surface area contributed by atoms with E-state index in [1.54, 1.807) is 45.2 Å². The van der Waals surface area contributed by atoms with Crippen LogP contribution in [0.4, 0.5) is 5.69 Å². The molecule has 0 saturated heterocycles.